The molecule has 0 saturated heterocycles. The minimum Gasteiger partial charge on any atom is -0.355 e. The fourth-order valence-electron chi connectivity index (χ4n) is 6.36. The number of fused-ring (bicyclic) bond motifs is 8. The summed E-state index contributed by atoms with van der Waals surface area (Å²) in [6.45, 7) is 27.3. The maximum atomic E-state index is 5.24. The molecule has 0 spiro atoms. The Morgan fingerprint density at radius 2 is 1.55 bits per heavy atom. The van der Waals surface area contributed by atoms with E-state index >= 15 is 0 Å². The van der Waals surface area contributed by atoms with Crippen LogP contribution in [0.2, 0.25) is 0 Å². The van der Waals surface area contributed by atoms with Gasteiger partial charge in [-0.25, -0.2) is 4.98 Å². The summed E-state index contributed by atoms with van der Waals surface area (Å²) < 4.78 is 0. The minimum absolute atomic E-state index is 0.137. The summed E-state index contributed by atoms with van der Waals surface area (Å²) in [4.78, 5) is 17.9. The molecule has 0 aromatic carbocycles. The van der Waals surface area contributed by atoms with E-state index in [9.17, 15) is 0 Å². The van der Waals surface area contributed by atoms with Gasteiger partial charge in [-0.05, 0) is 112 Å². The van der Waals surface area contributed by atoms with E-state index in [-0.39, 0.29) is 11.8 Å². The van der Waals surface area contributed by atoms with E-state index in [0.717, 1.165) is 88.1 Å². The van der Waals surface area contributed by atoms with Gasteiger partial charge in [-0.3, -0.25) is 4.98 Å². The first-order valence-corrected chi connectivity index (χ1v) is 15.1. The number of nitrogens with one attached hydrogen (secondary N) is 2. The van der Waals surface area contributed by atoms with Crippen LogP contribution in [-0.2, 0) is 6.42 Å². The highest BCUT2D eigenvalue weighted by atomic mass is 14.8. The second-order valence-corrected chi connectivity index (χ2v) is 12.0. The molecule has 42 heavy (non-hydrogen) atoms. The summed E-state index contributed by atoms with van der Waals surface area (Å²) in [5, 5.41) is 0. The van der Waals surface area contributed by atoms with E-state index in [1.807, 2.05) is 18.2 Å². The molecule has 2 N–H and O–H groups in total. The highest BCUT2D eigenvalue weighted by Crippen LogP contribution is 2.39. The standard InChI is InChI=1S/C38H44N4/c1-10-13-14-15-29-25(8)34-20-36-28(12-3)24(7)33(40-36)19-35-27(11-2)23(6)31(39-35)18-32-26(9)30(17-16-22(4)5)38(41-32)21-37(29)42-34/h10-12,18-21,23,27,40-41H,1-4,13-17H2,5-9H3. The summed E-state index contributed by atoms with van der Waals surface area (Å²) in [5.41, 5.74) is 16.9. The van der Waals surface area contributed by atoms with Crippen LogP contribution in [0, 0.1) is 13.8 Å². The summed E-state index contributed by atoms with van der Waals surface area (Å²) in [7, 11) is 0. The first-order chi connectivity index (χ1) is 20.2. The van der Waals surface area contributed by atoms with Crippen molar-refractivity contribution in [2.45, 2.75) is 78.6 Å². The largest absolute Gasteiger partial charge is 0.355 e. The lowest BCUT2D eigenvalue weighted by atomic mass is 9.91. The molecule has 216 valence electrons. The Balaban J connectivity index is 1.91. The maximum absolute atomic E-state index is 5.24. The number of rotatable bonds is 9. The molecule has 2 aliphatic heterocycles. The Hall–Kier alpha value is -4.18. The molecule has 8 bridgehead atoms. The predicted molar refractivity (Wildman–Crippen MR) is 182 cm³/mol. The Morgan fingerprint density at radius 3 is 2.24 bits per heavy atom. The van der Waals surface area contributed by atoms with E-state index in [2.05, 4.69) is 95.2 Å². The Morgan fingerprint density at radius 1 is 0.857 bits per heavy atom. The van der Waals surface area contributed by atoms with Gasteiger partial charge in [-0.2, -0.15) is 0 Å². The zero-order valence-electron chi connectivity index (χ0n) is 26.0. The molecular formula is C38H44N4. The zero-order chi connectivity index (χ0) is 30.1. The number of aromatic amines is 2. The SMILES string of the molecule is C=CCCCC1=C(C)c2cc3[nH]c(cc4nc(cc5[nH]c(cc1n2)c(CCC(=C)C)c5C)C(C)C4C=C)c(C)c3C=C. The Labute approximate surface area is 250 Å². The molecular weight excluding hydrogens is 512 g/mol. The van der Waals surface area contributed by atoms with Gasteiger partial charge < -0.3 is 9.97 Å². The molecule has 0 amide bonds. The molecule has 5 heterocycles. The van der Waals surface area contributed by atoms with Crippen molar-refractivity contribution in [1.29, 1.82) is 0 Å². The van der Waals surface area contributed by atoms with Crippen LogP contribution in [0.5, 0.6) is 0 Å². The zero-order valence-corrected chi connectivity index (χ0v) is 26.0. The van der Waals surface area contributed by atoms with Crippen molar-refractivity contribution in [3.63, 3.8) is 0 Å². The van der Waals surface area contributed by atoms with Gasteiger partial charge in [0.1, 0.15) is 0 Å². The van der Waals surface area contributed by atoms with E-state index in [1.54, 1.807) is 0 Å². The molecule has 2 atom stereocenters. The normalized spacial score (nSPS) is 16.5. The highest BCUT2D eigenvalue weighted by molar-refractivity contribution is 5.93. The van der Waals surface area contributed by atoms with Gasteiger partial charge in [0.05, 0.1) is 17.1 Å². The van der Waals surface area contributed by atoms with Crippen LogP contribution in [0.25, 0.3) is 39.3 Å². The van der Waals surface area contributed by atoms with Crippen LogP contribution in [0.1, 0.15) is 103 Å². The van der Waals surface area contributed by atoms with E-state index in [1.165, 1.54) is 27.8 Å². The maximum Gasteiger partial charge on any atom is 0.0693 e. The summed E-state index contributed by atoms with van der Waals surface area (Å²) in [6, 6.07) is 8.86. The lowest BCUT2D eigenvalue weighted by Gasteiger charge is -2.10. The van der Waals surface area contributed by atoms with Crippen molar-refractivity contribution in [3.05, 3.63) is 113 Å². The van der Waals surface area contributed by atoms with Crippen LogP contribution in [0.15, 0.2) is 68.3 Å². The van der Waals surface area contributed by atoms with Crippen molar-refractivity contribution >= 4 is 39.3 Å². The molecule has 4 nitrogen and oxygen atoms in total. The van der Waals surface area contributed by atoms with Gasteiger partial charge in [0.25, 0.3) is 0 Å². The van der Waals surface area contributed by atoms with E-state index in [0.29, 0.717) is 0 Å². The number of aryl methyl sites for hydroxylation is 3. The van der Waals surface area contributed by atoms with Crippen LogP contribution >= 0.6 is 0 Å². The van der Waals surface area contributed by atoms with Gasteiger partial charge in [0, 0.05) is 45.2 Å². The van der Waals surface area contributed by atoms with Crippen molar-refractivity contribution in [2.24, 2.45) is 0 Å². The summed E-state index contributed by atoms with van der Waals surface area (Å²) in [6.07, 6.45) is 10.8. The van der Waals surface area contributed by atoms with Crippen molar-refractivity contribution in [1.82, 2.24) is 19.9 Å². The van der Waals surface area contributed by atoms with Crippen molar-refractivity contribution in [3.8, 4) is 0 Å². The lowest BCUT2D eigenvalue weighted by Crippen LogP contribution is -1.97. The second-order valence-electron chi connectivity index (χ2n) is 12.0. The fraction of sp³-hybridized carbons (Fsp3) is 0.316. The third-order valence-corrected chi connectivity index (χ3v) is 9.05. The van der Waals surface area contributed by atoms with E-state index in [4.69, 9.17) is 9.97 Å². The van der Waals surface area contributed by atoms with Gasteiger partial charge in [-0.1, -0.05) is 37.3 Å². The van der Waals surface area contributed by atoms with Gasteiger partial charge >= 0.3 is 0 Å². The summed E-state index contributed by atoms with van der Waals surface area (Å²) in [5.74, 6) is 0.356. The first kappa shape index (κ1) is 29.3. The molecule has 0 fully saturated rings. The number of allylic oxidation sites excluding steroid dienone is 5. The molecule has 4 heteroatoms. The van der Waals surface area contributed by atoms with E-state index < -0.39 is 0 Å². The third kappa shape index (κ3) is 5.38. The second kappa shape index (κ2) is 12.0. The number of aromatic nitrogens is 4. The monoisotopic (exact) mass is 556 g/mol. The fourth-order valence-corrected chi connectivity index (χ4v) is 6.36. The summed E-state index contributed by atoms with van der Waals surface area (Å²) >= 11 is 0. The number of H-pyrrole nitrogens is 2. The van der Waals surface area contributed by atoms with Crippen molar-refractivity contribution in [2.75, 3.05) is 0 Å². The Bertz CT molecular complexity index is 1790. The number of unbranched alkanes of at least 4 members (excludes halogenated alkanes) is 1. The first-order valence-electron chi connectivity index (χ1n) is 15.1. The molecule has 0 aliphatic carbocycles. The molecule has 3 aromatic heterocycles. The van der Waals surface area contributed by atoms with Crippen LogP contribution in [0.4, 0.5) is 0 Å². The van der Waals surface area contributed by atoms with Crippen molar-refractivity contribution < 1.29 is 0 Å². The Kier molecular flexibility index (Phi) is 8.36. The van der Waals surface area contributed by atoms with Crippen LogP contribution in [0.3, 0.4) is 0 Å². The molecule has 2 unspecified atom stereocenters. The topological polar surface area (TPSA) is 57.4 Å². The minimum atomic E-state index is 0.137. The van der Waals surface area contributed by atoms with Gasteiger partial charge in [0.2, 0.25) is 0 Å². The smallest absolute Gasteiger partial charge is 0.0693 e. The molecule has 2 aliphatic rings. The lowest BCUT2D eigenvalue weighted by molar-refractivity contribution is 0.712. The predicted octanol–water partition coefficient (Wildman–Crippen LogP) is 10.4. The average Bonchev–Trinajstić information content (AvgIpc) is 3.61. The third-order valence-electron chi connectivity index (χ3n) is 9.05. The molecule has 5 rings (SSSR count). The highest BCUT2D eigenvalue weighted by Gasteiger charge is 2.27. The number of hydrogen-bond acceptors (Lipinski definition) is 2. The molecule has 0 saturated carbocycles. The average molecular weight is 557 g/mol. The molecule has 0 radical (unpaired) electrons. The molecule has 3 aromatic rings. The number of nitrogens with zero attached hydrogens (tertiary/aromatic N) is 2. The van der Waals surface area contributed by atoms with Crippen LogP contribution < -0.4 is 0 Å². The van der Waals surface area contributed by atoms with Gasteiger partial charge in [0.15, 0.2) is 0 Å². The van der Waals surface area contributed by atoms with Crippen LogP contribution in [-0.4, -0.2) is 19.9 Å². The number of hydrogen-bond donors (Lipinski definition) is 2. The van der Waals surface area contributed by atoms with Gasteiger partial charge in [-0.15, -0.1) is 19.7 Å². The quantitative estimate of drug-likeness (QED) is 0.203.